The van der Waals surface area contributed by atoms with Crippen molar-refractivity contribution >= 4 is 17.5 Å². The molecule has 0 amide bonds. The third-order valence-corrected chi connectivity index (χ3v) is 8.02. The fourth-order valence-electron chi connectivity index (χ4n) is 5.69. The average Bonchev–Trinajstić information content (AvgIpc) is 2.65. The number of carbonyl (C=O) groups is 3. The van der Waals surface area contributed by atoms with Crippen LogP contribution in [-0.4, -0.2) is 29.1 Å². The lowest BCUT2D eigenvalue weighted by atomic mass is 9.52. The molecule has 31 heavy (non-hydrogen) atoms. The molecular formula is C25H40O6. The smallest absolute Gasteiger partial charge is 0.308 e. The quantitative estimate of drug-likeness (QED) is 0.146. The van der Waals surface area contributed by atoms with Crippen LogP contribution in [-0.2, 0) is 24.0 Å². The lowest BCUT2D eigenvalue weighted by Crippen LogP contribution is -2.49. The topological polar surface area (TPSA) is 89.9 Å². The van der Waals surface area contributed by atoms with E-state index in [0.717, 1.165) is 18.4 Å². The zero-order chi connectivity index (χ0) is 23.6. The minimum atomic E-state index is -1.03. The molecule has 6 heteroatoms. The minimum Gasteiger partial charge on any atom is -0.433 e. The van der Waals surface area contributed by atoms with Crippen LogP contribution in [0.5, 0.6) is 0 Å². The van der Waals surface area contributed by atoms with Crippen LogP contribution in [0.15, 0.2) is 12.2 Å². The van der Waals surface area contributed by atoms with E-state index in [1.165, 1.54) is 0 Å². The molecular weight excluding hydrogens is 396 g/mol. The Morgan fingerprint density at radius 2 is 1.77 bits per heavy atom. The van der Waals surface area contributed by atoms with Gasteiger partial charge in [0.1, 0.15) is 11.6 Å². The summed E-state index contributed by atoms with van der Waals surface area (Å²) >= 11 is 0. The maximum atomic E-state index is 12.4. The molecule has 2 saturated carbocycles. The van der Waals surface area contributed by atoms with E-state index in [2.05, 4.69) is 25.3 Å². The van der Waals surface area contributed by atoms with E-state index in [0.29, 0.717) is 37.5 Å². The Morgan fingerprint density at radius 1 is 1.13 bits per heavy atom. The summed E-state index contributed by atoms with van der Waals surface area (Å²) in [5.74, 6) is 0.763. The zero-order valence-corrected chi connectivity index (χ0v) is 20.0. The van der Waals surface area contributed by atoms with Gasteiger partial charge in [0.05, 0.1) is 0 Å². The number of rotatable bonds is 12. The molecule has 2 fully saturated rings. The van der Waals surface area contributed by atoms with Crippen LogP contribution in [0.3, 0.4) is 0 Å². The molecule has 0 heterocycles. The van der Waals surface area contributed by atoms with E-state index in [1.807, 2.05) is 13.8 Å². The minimum absolute atomic E-state index is 0.0128. The van der Waals surface area contributed by atoms with Gasteiger partial charge in [-0.05, 0) is 68.1 Å². The van der Waals surface area contributed by atoms with Gasteiger partial charge < -0.3 is 9.53 Å². The Hall–Kier alpha value is -1.53. The summed E-state index contributed by atoms with van der Waals surface area (Å²) in [6.07, 6.45) is 3.25. The lowest BCUT2D eigenvalue weighted by Gasteiger charge is -2.53. The number of ether oxygens (including phenoxy) is 1. The Bertz CT molecular complexity index is 707. The van der Waals surface area contributed by atoms with Crippen molar-refractivity contribution in [2.75, 3.05) is 0 Å². The van der Waals surface area contributed by atoms with Crippen LogP contribution >= 0.6 is 0 Å². The number of carbonyl (C=O) groups excluding carboxylic acids is 3. The first-order chi connectivity index (χ1) is 14.3. The second-order valence-corrected chi connectivity index (χ2v) is 11.0. The van der Waals surface area contributed by atoms with Crippen LogP contribution in [0.4, 0.5) is 0 Å². The third kappa shape index (κ3) is 6.04. The second kappa shape index (κ2) is 9.95. The molecule has 2 aliphatic carbocycles. The van der Waals surface area contributed by atoms with E-state index in [9.17, 15) is 19.6 Å². The molecule has 1 N–H and O–H groups in total. The Kier molecular flexibility index (Phi) is 8.26. The fraction of sp³-hybridized carbons (Fsp3) is 0.800. The van der Waals surface area contributed by atoms with Crippen molar-refractivity contribution in [2.24, 2.45) is 34.5 Å². The average molecular weight is 437 g/mol. The van der Waals surface area contributed by atoms with E-state index in [4.69, 9.17) is 4.74 Å². The van der Waals surface area contributed by atoms with Gasteiger partial charge in [-0.25, -0.2) is 5.26 Å². The molecule has 1 unspecified atom stereocenters. The highest BCUT2D eigenvalue weighted by Crippen LogP contribution is 2.56. The summed E-state index contributed by atoms with van der Waals surface area (Å²) in [4.78, 5) is 39.8. The molecule has 0 aromatic carbocycles. The largest absolute Gasteiger partial charge is 0.433 e. The molecule has 176 valence electrons. The van der Waals surface area contributed by atoms with Crippen LogP contribution in [0.25, 0.3) is 0 Å². The second-order valence-electron chi connectivity index (χ2n) is 11.0. The van der Waals surface area contributed by atoms with Crippen molar-refractivity contribution in [1.29, 1.82) is 0 Å². The number of Topliss-reactive ketones (excluding diaryl/α,β-unsaturated/α-hetero) is 2. The first-order valence-corrected chi connectivity index (χ1v) is 11.5. The molecule has 0 aromatic rings. The summed E-state index contributed by atoms with van der Waals surface area (Å²) in [6.45, 7) is 15.9. The normalized spacial score (nSPS) is 29.3. The molecule has 2 aliphatic rings. The van der Waals surface area contributed by atoms with Crippen molar-refractivity contribution in [1.82, 2.24) is 0 Å². The summed E-state index contributed by atoms with van der Waals surface area (Å²) in [7, 11) is 0. The number of hydrogen-bond acceptors (Lipinski definition) is 6. The highest BCUT2D eigenvalue weighted by molar-refractivity contribution is 5.81. The zero-order valence-electron chi connectivity index (χ0n) is 20.0. The van der Waals surface area contributed by atoms with Gasteiger partial charge in [0.25, 0.3) is 0 Å². The number of hydrogen-bond donors (Lipinski definition) is 1. The summed E-state index contributed by atoms with van der Waals surface area (Å²) in [5.41, 5.74) is 1.02. The standard InChI is InChI=1S/C25H40O6/c1-15(19-14-24(4,5)20(19)10-9-16(2)26)8-11-23(31-29)30-22(28)13-18-12-21(17(3)27)25(18,6)7/h18-21,23,29H,1,8-14H2,2-7H3/t18-,19+,20+,21+,23?/m0/s1. The van der Waals surface area contributed by atoms with Crippen LogP contribution in [0.2, 0.25) is 0 Å². The van der Waals surface area contributed by atoms with E-state index >= 15 is 0 Å². The Balaban J connectivity index is 1.80. The van der Waals surface area contributed by atoms with E-state index < -0.39 is 12.3 Å². The molecule has 5 atom stereocenters. The van der Waals surface area contributed by atoms with Crippen molar-refractivity contribution in [3.8, 4) is 0 Å². The Labute approximate surface area is 186 Å². The highest BCUT2D eigenvalue weighted by atomic mass is 17.1. The lowest BCUT2D eigenvalue weighted by molar-refractivity contribution is -0.338. The summed E-state index contributed by atoms with van der Waals surface area (Å²) in [5, 5.41) is 9.21. The van der Waals surface area contributed by atoms with Crippen molar-refractivity contribution in [3.63, 3.8) is 0 Å². The van der Waals surface area contributed by atoms with Crippen LogP contribution in [0, 0.1) is 34.5 Å². The first-order valence-electron chi connectivity index (χ1n) is 11.5. The third-order valence-electron chi connectivity index (χ3n) is 8.02. The van der Waals surface area contributed by atoms with E-state index in [-0.39, 0.29) is 40.7 Å². The summed E-state index contributed by atoms with van der Waals surface area (Å²) < 4.78 is 5.34. The molecule has 0 spiro atoms. The monoisotopic (exact) mass is 436 g/mol. The van der Waals surface area contributed by atoms with Gasteiger partial charge >= 0.3 is 5.97 Å². The van der Waals surface area contributed by atoms with Gasteiger partial charge in [0.2, 0.25) is 6.29 Å². The van der Waals surface area contributed by atoms with Gasteiger partial charge in [-0.2, -0.15) is 4.89 Å². The molecule has 2 rings (SSSR count). The highest BCUT2D eigenvalue weighted by Gasteiger charge is 2.51. The molecule has 0 aromatic heterocycles. The molecule has 0 aliphatic heterocycles. The maximum Gasteiger partial charge on any atom is 0.308 e. The Morgan fingerprint density at radius 3 is 2.26 bits per heavy atom. The van der Waals surface area contributed by atoms with E-state index in [1.54, 1.807) is 13.8 Å². The number of ketones is 2. The predicted octanol–water partition coefficient (Wildman–Crippen LogP) is 5.35. The maximum absolute atomic E-state index is 12.4. The molecule has 6 nitrogen and oxygen atoms in total. The number of allylic oxidation sites excluding steroid dienone is 1. The fourth-order valence-corrected chi connectivity index (χ4v) is 5.69. The van der Waals surface area contributed by atoms with Crippen LogP contribution in [0.1, 0.15) is 86.5 Å². The van der Waals surface area contributed by atoms with Gasteiger partial charge in [0, 0.05) is 25.2 Å². The van der Waals surface area contributed by atoms with Gasteiger partial charge in [-0.3, -0.25) is 9.59 Å². The van der Waals surface area contributed by atoms with Crippen molar-refractivity contribution < 1.29 is 29.3 Å². The molecule has 0 saturated heterocycles. The van der Waals surface area contributed by atoms with Crippen LogP contribution < -0.4 is 0 Å². The van der Waals surface area contributed by atoms with Crippen molar-refractivity contribution in [3.05, 3.63) is 12.2 Å². The summed E-state index contributed by atoms with van der Waals surface area (Å²) in [6, 6.07) is 0. The molecule has 0 bridgehead atoms. The first kappa shape index (κ1) is 25.7. The predicted molar refractivity (Wildman–Crippen MR) is 118 cm³/mol. The number of esters is 1. The molecule has 0 radical (unpaired) electrons. The van der Waals surface area contributed by atoms with Crippen molar-refractivity contribution in [2.45, 2.75) is 92.8 Å². The van der Waals surface area contributed by atoms with Gasteiger partial charge in [-0.15, -0.1) is 0 Å². The van der Waals surface area contributed by atoms with Gasteiger partial charge in [-0.1, -0.05) is 39.8 Å². The van der Waals surface area contributed by atoms with Gasteiger partial charge in [0.15, 0.2) is 0 Å². The SMILES string of the molecule is C=C(CCC(OO)OC(=O)C[C@@H]1C[C@H](C(C)=O)C1(C)C)[C@H]1CC(C)(C)[C@@H]1CCC(C)=O.